The number of carbonyl (C=O) groups is 2. The van der Waals surface area contributed by atoms with Crippen molar-refractivity contribution in [1.29, 1.82) is 0 Å². The number of hydrogen-bond donors (Lipinski definition) is 1. The molecule has 0 fully saturated rings. The predicted octanol–water partition coefficient (Wildman–Crippen LogP) is 2.83. The number of carbonyl (C=O) groups excluding carboxylic acids is 2. The molecular weight excluding hydrogens is 370 g/mol. The van der Waals surface area contributed by atoms with E-state index in [2.05, 4.69) is 34.4 Å². The quantitative estimate of drug-likeness (QED) is 0.656. The number of rotatable bonds is 9. The number of halogens is 1. The molecule has 0 heterocycles. The van der Waals surface area contributed by atoms with Crippen molar-refractivity contribution < 1.29 is 9.59 Å². The summed E-state index contributed by atoms with van der Waals surface area (Å²) in [7, 11) is 1.74. The van der Waals surface area contributed by atoms with Crippen molar-refractivity contribution in [3.8, 4) is 0 Å². The molecule has 0 unspecified atom stereocenters. The molecular formula is C18H24BrN3O2. The molecule has 1 rings (SSSR count). The molecule has 0 bridgehead atoms. The topological polar surface area (TPSA) is 52.7 Å². The van der Waals surface area contributed by atoms with Crippen molar-refractivity contribution >= 4 is 33.4 Å². The summed E-state index contributed by atoms with van der Waals surface area (Å²) in [6.45, 7) is 10.4. The number of aryl methyl sites for hydroxylation is 1. The van der Waals surface area contributed by atoms with Crippen molar-refractivity contribution in [3.63, 3.8) is 0 Å². The molecule has 0 aliphatic carbocycles. The van der Waals surface area contributed by atoms with Gasteiger partial charge >= 0.3 is 0 Å². The lowest BCUT2D eigenvalue weighted by molar-refractivity contribution is -0.131. The summed E-state index contributed by atoms with van der Waals surface area (Å²) in [5.41, 5.74) is 1.74. The van der Waals surface area contributed by atoms with Crippen LogP contribution >= 0.6 is 15.9 Å². The van der Waals surface area contributed by atoms with Gasteiger partial charge in [-0.05, 0) is 37.7 Å². The zero-order valence-corrected chi connectivity index (χ0v) is 15.8. The average molecular weight is 394 g/mol. The Balaban J connectivity index is 2.55. The molecule has 1 N–H and O–H groups in total. The summed E-state index contributed by atoms with van der Waals surface area (Å²) in [5, 5.41) is 2.86. The lowest BCUT2D eigenvalue weighted by Gasteiger charge is -2.23. The first-order valence-corrected chi connectivity index (χ1v) is 8.40. The highest BCUT2D eigenvalue weighted by Gasteiger charge is 2.15. The van der Waals surface area contributed by atoms with Crippen LogP contribution in [0.2, 0.25) is 0 Å². The normalized spacial score (nSPS) is 10.3. The molecule has 5 nitrogen and oxygen atoms in total. The van der Waals surface area contributed by atoms with Gasteiger partial charge in [-0.15, -0.1) is 13.2 Å². The Morgan fingerprint density at radius 2 is 1.83 bits per heavy atom. The van der Waals surface area contributed by atoms with E-state index in [1.807, 2.05) is 25.1 Å². The molecule has 24 heavy (non-hydrogen) atoms. The number of hydrogen-bond acceptors (Lipinski definition) is 3. The van der Waals surface area contributed by atoms with Crippen LogP contribution in [0.3, 0.4) is 0 Å². The van der Waals surface area contributed by atoms with E-state index in [0.717, 1.165) is 15.7 Å². The SMILES string of the molecule is C=CCN(CC=C)C(=O)CN(C)CC(=O)Nc1ccc(Br)cc1C. The Labute approximate surface area is 152 Å². The summed E-state index contributed by atoms with van der Waals surface area (Å²) in [4.78, 5) is 27.7. The summed E-state index contributed by atoms with van der Waals surface area (Å²) in [6, 6.07) is 5.65. The minimum atomic E-state index is -0.158. The number of nitrogens with one attached hydrogen (secondary N) is 1. The lowest BCUT2D eigenvalue weighted by Crippen LogP contribution is -2.41. The standard InChI is InChI=1S/C18H24BrN3O2/c1-5-9-22(10-6-2)18(24)13-21(4)12-17(23)20-16-8-7-15(19)11-14(16)3/h5-8,11H,1-2,9-10,12-13H2,3-4H3,(H,20,23). The molecule has 0 aliphatic rings. The summed E-state index contributed by atoms with van der Waals surface area (Å²) in [6.07, 6.45) is 3.34. The molecule has 1 aromatic carbocycles. The third-order valence-electron chi connectivity index (χ3n) is 3.33. The highest BCUT2D eigenvalue weighted by molar-refractivity contribution is 9.10. The van der Waals surface area contributed by atoms with Crippen molar-refractivity contribution in [2.24, 2.45) is 0 Å². The minimum absolute atomic E-state index is 0.0649. The molecule has 0 atom stereocenters. The van der Waals surface area contributed by atoms with E-state index < -0.39 is 0 Å². The third kappa shape index (κ3) is 6.68. The van der Waals surface area contributed by atoms with Crippen molar-refractivity contribution in [2.45, 2.75) is 6.92 Å². The van der Waals surface area contributed by atoms with Gasteiger partial charge in [-0.2, -0.15) is 0 Å². The Morgan fingerprint density at radius 1 is 1.21 bits per heavy atom. The molecule has 0 spiro atoms. The van der Waals surface area contributed by atoms with Gasteiger partial charge in [-0.3, -0.25) is 14.5 Å². The third-order valence-corrected chi connectivity index (χ3v) is 3.83. The fraction of sp³-hybridized carbons (Fsp3) is 0.333. The maximum absolute atomic E-state index is 12.2. The fourth-order valence-corrected chi connectivity index (χ4v) is 2.65. The van der Waals surface area contributed by atoms with Crippen LogP contribution in [0.1, 0.15) is 5.56 Å². The number of anilines is 1. The van der Waals surface area contributed by atoms with Crippen LogP contribution < -0.4 is 5.32 Å². The first-order valence-electron chi connectivity index (χ1n) is 7.61. The molecule has 130 valence electrons. The molecule has 0 saturated carbocycles. The van der Waals surface area contributed by atoms with E-state index in [1.54, 1.807) is 29.0 Å². The molecule has 0 saturated heterocycles. The van der Waals surface area contributed by atoms with Gasteiger partial charge in [0.2, 0.25) is 11.8 Å². The zero-order valence-electron chi connectivity index (χ0n) is 14.2. The van der Waals surface area contributed by atoms with Crippen LogP contribution in [-0.2, 0) is 9.59 Å². The van der Waals surface area contributed by atoms with Crippen LogP contribution in [0.4, 0.5) is 5.69 Å². The first kappa shape index (κ1) is 20.1. The van der Waals surface area contributed by atoms with E-state index in [0.29, 0.717) is 13.1 Å². The Morgan fingerprint density at radius 3 is 2.38 bits per heavy atom. The summed E-state index contributed by atoms with van der Waals surface area (Å²) < 4.78 is 0.963. The van der Waals surface area contributed by atoms with Gasteiger partial charge in [0, 0.05) is 23.2 Å². The Bertz CT molecular complexity index is 606. The van der Waals surface area contributed by atoms with E-state index in [-0.39, 0.29) is 24.9 Å². The highest BCUT2D eigenvalue weighted by atomic mass is 79.9. The second kappa shape index (κ2) is 10.1. The van der Waals surface area contributed by atoms with Crippen LogP contribution in [-0.4, -0.2) is 54.8 Å². The maximum atomic E-state index is 12.2. The first-order chi connectivity index (χ1) is 11.4. The van der Waals surface area contributed by atoms with Gasteiger partial charge in [0.1, 0.15) is 0 Å². The molecule has 2 amide bonds. The summed E-state index contributed by atoms with van der Waals surface area (Å²) >= 11 is 3.39. The van der Waals surface area contributed by atoms with Crippen LogP contribution in [0, 0.1) is 6.92 Å². The van der Waals surface area contributed by atoms with Gasteiger partial charge in [0.15, 0.2) is 0 Å². The minimum Gasteiger partial charge on any atom is -0.334 e. The van der Waals surface area contributed by atoms with Gasteiger partial charge in [-0.1, -0.05) is 28.1 Å². The molecule has 0 radical (unpaired) electrons. The predicted molar refractivity (Wildman–Crippen MR) is 102 cm³/mol. The number of nitrogens with zero attached hydrogens (tertiary/aromatic N) is 2. The van der Waals surface area contributed by atoms with Crippen LogP contribution in [0.25, 0.3) is 0 Å². The monoisotopic (exact) mass is 393 g/mol. The molecule has 1 aromatic rings. The average Bonchev–Trinajstić information content (AvgIpc) is 2.49. The fourth-order valence-electron chi connectivity index (χ4n) is 2.18. The molecule has 0 aliphatic heterocycles. The Kier molecular flexibility index (Phi) is 8.43. The van der Waals surface area contributed by atoms with Gasteiger partial charge < -0.3 is 10.2 Å². The number of benzene rings is 1. The molecule has 6 heteroatoms. The molecule has 0 aromatic heterocycles. The largest absolute Gasteiger partial charge is 0.334 e. The van der Waals surface area contributed by atoms with Crippen molar-refractivity contribution in [1.82, 2.24) is 9.80 Å². The van der Waals surface area contributed by atoms with E-state index in [9.17, 15) is 9.59 Å². The van der Waals surface area contributed by atoms with Gasteiger partial charge in [0.05, 0.1) is 13.1 Å². The van der Waals surface area contributed by atoms with Gasteiger partial charge in [0.25, 0.3) is 0 Å². The van der Waals surface area contributed by atoms with E-state index in [1.165, 1.54) is 0 Å². The number of amides is 2. The zero-order chi connectivity index (χ0) is 18.1. The van der Waals surface area contributed by atoms with E-state index >= 15 is 0 Å². The maximum Gasteiger partial charge on any atom is 0.238 e. The second-order valence-corrected chi connectivity index (χ2v) is 6.47. The van der Waals surface area contributed by atoms with E-state index in [4.69, 9.17) is 0 Å². The Hall–Kier alpha value is -1.92. The highest BCUT2D eigenvalue weighted by Crippen LogP contribution is 2.19. The summed E-state index contributed by atoms with van der Waals surface area (Å²) in [5.74, 6) is -0.223. The smallest absolute Gasteiger partial charge is 0.238 e. The number of likely N-dealkylation sites (N-methyl/N-ethyl adjacent to an activating group) is 1. The van der Waals surface area contributed by atoms with Crippen molar-refractivity contribution in [2.75, 3.05) is 38.5 Å². The second-order valence-electron chi connectivity index (χ2n) is 5.56. The lowest BCUT2D eigenvalue weighted by atomic mass is 10.2. The van der Waals surface area contributed by atoms with Gasteiger partial charge in [-0.25, -0.2) is 0 Å². The van der Waals surface area contributed by atoms with Crippen LogP contribution in [0.5, 0.6) is 0 Å². The van der Waals surface area contributed by atoms with Crippen LogP contribution in [0.15, 0.2) is 48.0 Å². The van der Waals surface area contributed by atoms with Crippen molar-refractivity contribution in [3.05, 3.63) is 53.5 Å².